The maximum absolute atomic E-state index is 12.8. The van der Waals surface area contributed by atoms with E-state index >= 15 is 0 Å². The third-order valence-electron chi connectivity index (χ3n) is 4.74. The molecule has 1 fully saturated rings. The zero-order valence-electron chi connectivity index (χ0n) is 14.4. The molecule has 0 saturated carbocycles. The molecule has 7 heteroatoms. The molecular formula is C18H21N5O2. The topological polar surface area (TPSA) is 80.0 Å². The number of imidazole rings is 1. The number of aromatic nitrogens is 4. The highest BCUT2D eigenvalue weighted by Crippen LogP contribution is 2.25. The predicted molar refractivity (Wildman–Crippen MR) is 92.2 cm³/mol. The fraction of sp³-hybridized carbons (Fsp3) is 0.389. The Morgan fingerprint density at radius 1 is 1.36 bits per heavy atom. The number of furan rings is 1. The van der Waals surface area contributed by atoms with Gasteiger partial charge in [-0.1, -0.05) is 0 Å². The van der Waals surface area contributed by atoms with Gasteiger partial charge in [-0.2, -0.15) is 5.10 Å². The standard InChI is InChI=1S/C18H21N5O2/c1-12-5-6-17(25-12)15-10-16(21-20-15)18(24)22-8-3-4-14(11-22)23-9-7-19-13(23)2/h5-7,9-10,14H,3-4,8,11H2,1-2H3,(H,20,21). The number of aromatic amines is 1. The van der Waals surface area contributed by atoms with Gasteiger partial charge in [-0.25, -0.2) is 4.98 Å². The Balaban J connectivity index is 1.51. The minimum Gasteiger partial charge on any atom is -0.460 e. The number of piperidine rings is 1. The number of hydrogen-bond donors (Lipinski definition) is 1. The molecule has 1 atom stereocenters. The fourth-order valence-corrected chi connectivity index (χ4v) is 3.44. The number of hydrogen-bond acceptors (Lipinski definition) is 4. The first-order valence-corrected chi connectivity index (χ1v) is 8.53. The van der Waals surface area contributed by atoms with Crippen molar-refractivity contribution in [2.45, 2.75) is 32.7 Å². The number of aryl methyl sites for hydroxylation is 2. The molecule has 4 rings (SSSR count). The monoisotopic (exact) mass is 339 g/mol. The summed E-state index contributed by atoms with van der Waals surface area (Å²) in [4.78, 5) is 19.0. The van der Waals surface area contributed by atoms with E-state index < -0.39 is 0 Å². The van der Waals surface area contributed by atoms with Crippen molar-refractivity contribution in [2.75, 3.05) is 13.1 Å². The fourth-order valence-electron chi connectivity index (χ4n) is 3.44. The summed E-state index contributed by atoms with van der Waals surface area (Å²) in [6.45, 7) is 5.31. The summed E-state index contributed by atoms with van der Waals surface area (Å²) in [5, 5.41) is 7.08. The van der Waals surface area contributed by atoms with Crippen LogP contribution in [0.25, 0.3) is 11.5 Å². The van der Waals surface area contributed by atoms with E-state index in [9.17, 15) is 4.79 Å². The lowest BCUT2D eigenvalue weighted by Gasteiger charge is -2.33. The second kappa shape index (κ2) is 6.23. The van der Waals surface area contributed by atoms with Gasteiger partial charge in [0.25, 0.3) is 5.91 Å². The van der Waals surface area contributed by atoms with Gasteiger partial charge >= 0.3 is 0 Å². The number of rotatable bonds is 3. The van der Waals surface area contributed by atoms with Crippen LogP contribution in [0, 0.1) is 13.8 Å². The Morgan fingerprint density at radius 2 is 2.24 bits per heavy atom. The molecule has 1 amide bonds. The van der Waals surface area contributed by atoms with Crippen molar-refractivity contribution in [3.63, 3.8) is 0 Å². The lowest BCUT2D eigenvalue weighted by Crippen LogP contribution is -2.41. The molecule has 0 spiro atoms. The molecule has 0 aromatic carbocycles. The van der Waals surface area contributed by atoms with Crippen LogP contribution in [0.15, 0.2) is 35.0 Å². The van der Waals surface area contributed by atoms with Gasteiger partial charge in [0.05, 0.1) is 6.04 Å². The van der Waals surface area contributed by atoms with Crippen LogP contribution in [-0.4, -0.2) is 43.6 Å². The van der Waals surface area contributed by atoms with Gasteiger partial charge in [-0.15, -0.1) is 0 Å². The highest BCUT2D eigenvalue weighted by molar-refractivity contribution is 5.93. The summed E-state index contributed by atoms with van der Waals surface area (Å²) in [5.74, 6) is 2.45. The summed E-state index contributed by atoms with van der Waals surface area (Å²) in [6.07, 6.45) is 5.82. The molecule has 3 aromatic rings. The Labute approximate surface area is 145 Å². The molecule has 1 aliphatic rings. The highest BCUT2D eigenvalue weighted by Gasteiger charge is 2.27. The van der Waals surface area contributed by atoms with Crippen LogP contribution in [0.1, 0.15) is 41.0 Å². The van der Waals surface area contributed by atoms with Crippen LogP contribution in [0.2, 0.25) is 0 Å². The van der Waals surface area contributed by atoms with E-state index in [0.29, 0.717) is 18.0 Å². The number of carbonyl (C=O) groups excluding carboxylic acids is 1. The van der Waals surface area contributed by atoms with Crippen molar-refractivity contribution in [3.05, 3.63) is 47.9 Å². The van der Waals surface area contributed by atoms with Crippen molar-refractivity contribution in [2.24, 2.45) is 0 Å². The number of carbonyl (C=O) groups is 1. The third-order valence-corrected chi connectivity index (χ3v) is 4.74. The van der Waals surface area contributed by atoms with Gasteiger partial charge in [-0.3, -0.25) is 9.89 Å². The summed E-state index contributed by atoms with van der Waals surface area (Å²) < 4.78 is 7.73. The van der Waals surface area contributed by atoms with Gasteiger partial charge in [0.15, 0.2) is 11.5 Å². The van der Waals surface area contributed by atoms with E-state index in [-0.39, 0.29) is 11.9 Å². The average molecular weight is 339 g/mol. The predicted octanol–water partition coefficient (Wildman–Crippen LogP) is 2.96. The molecular weight excluding hydrogens is 318 g/mol. The minimum absolute atomic E-state index is 0.0479. The Kier molecular flexibility index (Phi) is 3.91. The van der Waals surface area contributed by atoms with Crippen LogP contribution in [0.5, 0.6) is 0 Å². The maximum atomic E-state index is 12.8. The first-order valence-electron chi connectivity index (χ1n) is 8.53. The summed E-state index contributed by atoms with van der Waals surface area (Å²) in [7, 11) is 0. The van der Waals surface area contributed by atoms with Crippen molar-refractivity contribution in [1.29, 1.82) is 0 Å². The van der Waals surface area contributed by atoms with Crippen LogP contribution in [-0.2, 0) is 0 Å². The molecule has 1 aliphatic heterocycles. The van der Waals surface area contributed by atoms with Crippen LogP contribution < -0.4 is 0 Å². The number of nitrogens with one attached hydrogen (secondary N) is 1. The first kappa shape index (κ1) is 15.7. The van der Waals surface area contributed by atoms with Gasteiger partial charge in [0.2, 0.25) is 0 Å². The molecule has 1 saturated heterocycles. The number of amides is 1. The summed E-state index contributed by atoms with van der Waals surface area (Å²) >= 11 is 0. The van der Waals surface area contributed by atoms with Crippen molar-refractivity contribution in [3.8, 4) is 11.5 Å². The second-order valence-corrected chi connectivity index (χ2v) is 6.51. The van der Waals surface area contributed by atoms with Crippen LogP contribution in [0.3, 0.4) is 0 Å². The number of likely N-dealkylation sites (tertiary alicyclic amines) is 1. The zero-order chi connectivity index (χ0) is 17.4. The molecule has 25 heavy (non-hydrogen) atoms. The largest absolute Gasteiger partial charge is 0.460 e. The molecule has 3 aromatic heterocycles. The van der Waals surface area contributed by atoms with Crippen molar-refractivity contribution in [1.82, 2.24) is 24.6 Å². The van der Waals surface area contributed by atoms with Gasteiger partial charge < -0.3 is 13.9 Å². The Hall–Kier alpha value is -2.83. The zero-order valence-corrected chi connectivity index (χ0v) is 14.4. The quantitative estimate of drug-likeness (QED) is 0.795. The number of nitrogens with zero attached hydrogens (tertiary/aromatic N) is 4. The maximum Gasteiger partial charge on any atom is 0.274 e. The lowest BCUT2D eigenvalue weighted by atomic mass is 10.0. The van der Waals surface area contributed by atoms with E-state index in [0.717, 1.165) is 36.7 Å². The summed E-state index contributed by atoms with van der Waals surface area (Å²) in [5.41, 5.74) is 1.14. The molecule has 0 bridgehead atoms. The van der Waals surface area contributed by atoms with E-state index in [1.165, 1.54) is 0 Å². The molecule has 1 unspecified atom stereocenters. The van der Waals surface area contributed by atoms with E-state index in [1.54, 1.807) is 12.3 Å². The molecule has 0 aliphatic carbocycles. The smallest absolute Gasteiger partial charge is 0.274 e. The minimum atomic E-state index is -0.0479. The van der Waals surface area contributed by atoms with Gasteiger partial charge in [-0.05, 0) is 38.8 Å². The molecule has 7 nitrogen and oxygen atoms in total. The molecule has 0 radical (unpaired) electrons. The molecule has 4 heterocycles. The SMILES string of the molecule is Cc1ccc(-c2cc(C(=O)N3CCCC(n4ccnc4C)C3)n[nH]2)o1. The Bertz CT molecular complexity index is 891. The van der Waals surface area contributed by atoms with Crippen molar-refractivity contribution < 1.29 is 9.21 Å². The summed E-state index contributed by atoms with van der Waals surface area (Å²) in [6, 6.07) is 5.79. The van der Waals surface area contributed by atoms with E-state index in [2.05, 4.69) is 19.7 Å². The third kappa shape index (κ3) is 2.97. The van der Waals surface area contributed by atoms with Gasteiger partial charge in [0, 0.05) is 31.5 Å². The normalized spacial score (nSPS) is 17.8. The molecule has 130 valence electrons. The average Bonchev–Trinajstić information content (AvgIpc) is 3.34. The van der Waals surface area contributed by atoms with Crippen molar-refractivity contribution >= 4 is 5.91 Å². The van der Waals surface area contributed by atoms with E-state index in [4.69, 9.17) is 4.42 Å². The second-order valence-electron chi connectivity index (χ2n) is 6.51. The molecule has 1 N–H and O–H groups in total. The lowest BCUT2D eigenvalue weighted by molar-refractivity contribution is 0.0672. The first-order chi connectivity index (χ1) is 12.1. The number of H-pyrrole nitrogens is 1. The van der Waals surface area contributed by atoms with Crippen LogP contribution in [0.4, 0.5) is 0 Å². The van der Waals surface area contributed by atoms with Gasteiger partial charge in [0.1, 0.15) is 17.3 Å². The van der Waals surface area contributed by atoms with Crippen LogP contribution >= 0.6 is 0 Å². The highest BCUT2D eigenvalue weighted by atomic mass is 16.3. The Morgan fingerprint density at radius 3 is 2.96 bits per heavy atom. The van der Waals surface area contributed by atoms with E-state index in [1.807, 2.05) is 37.1 Å².